The molecule has 1 N–H and O–H groups in total. The van der Waals surface area contributed by atoms with Crippen LogP contribution >= 0.6 is 11.6 Å². The zero-order valence-electron chi connectivity index (χ0n) is 12.2. The average Bonchev–Trinajstić information content (AvgIpc) is 2.34. The molecule has 2 rings (SSSR count). The minimum Gasteiger partial charge on any atom is -0.368 e. The van der Waals surface area contributed by atoms with Crippen LogP contribution in [0, 0.1) is 5.41 Å². The van der Waals surface area contributed by atoms with E-state index in [0.29, 0.717) is 0 Å². The predicted octanol–water partition coefficient (Wildman–Crippen LogP) is 3.81. The summed E-state index contributed by atoms with van der Waals surface area (Å²) in [6.45, 7) is 7.42. The summed E-state index contributed by atoms with van der Waals surface area (Å²) in [4.78, 5) is 8.76. The van der Waals surface area contributed by atoms with Crippen LogP contribution in [0.25, 0.3) is 0 Å². The number of aromatic nitrogens is 2. The molecule has 0 saturated heterocycles. The van der Waals surface area contributed by atoms with Crippen molar-refractivity contribution < 1.29 is 0 Å². The molecule has 4 heteroatoms. The summed E-state index contributed by atoms with van der Waals surface area (Å²) in [6, 6.07) is 0. The van der Waals surface area contributed by atoms with Crippen LogP contribution < -0.4 is 5.32 Å². The van der Waals surface area contributed by atoms with Crippen LogP contribution in [0.3, 0.4) is 0 Å². The van der Waals surface area contributed by atoms with Crippen molar-refractivity contribution >= 4 is 17.4 Å². The van der Waals surface area contributed by atoms with Crippen LogP contribution in [-0.2, 0) is 12.8 Å². The quantitative estimate of drug-likeness (QED) is 0.853. The molecule has 0 saturated carbocycles. The largest absolute Gasteiger partial charge is 0.368 e. The van der Waals surface area contributed by atoms with Gasteiger partial charge >= 0.3 is 0 Å². The van der Waals surface area contributed by atoms with E-state index in [-0.39, 0.29) is 10.8 Å². The van der Waals surface area contributed by atoms with E-state index in [1.165, 1.54) is 24.1 Å². The number of aryl methyl sites for hydroxylation is 1. The highest BCUT2D eigenvalue weighted by Crippen LogP contribution is 2.26. The molecule has 0 aliphatic heterocycles. The fourth-order valence-corrected chi connectivity index (χ4v) is 3.16. The van der Waals surface area contributed by atoms with E-state index in [4.69, 9.17) is 11.6 Å². The molecule has 1 heterocycles. The standard InChI is InChI=1S/C15H24ClN3/c1-15(2,3)8-11(16)9-17-14-12-6-4-5-7-13(12)18-10-19-14/h10-11H,4-9H2,1-3H3,(H,17,18,19). The summed E-state index contributed by atoms with van der Waals surface area (Å²) in [5.41, 5.74) is 2.78. The maximum atomic E-state index is 6.39. The third-order valence-corrected chi connectivity index (χ3v) is 3.76. The van der Waals surface area contributed by atoms with E-state index in [0.717, 1.165) is 31.6 Å². The molecule has 1 atom stereocenters. The number of nitrogens with zero attached hydrogens (tertiary/aromatic N) is 2. The molecule has 1 aromatic rings. The van der Waals surface area contributed by atoms with Crippen LogP contribution in [0.4, 0.5) is 5.82 Å². The highest BCUT2D eigenvalue weighted by Gasteiger charge is 2.19. The van der Waals surface area contributed by atoms with Crippen LogP contribution in [0.2, 0.25) is 0 Å². The lowest BCUT2D eigenvalue weighted by atomic mass is 9.90. The number of alkyl halides is 1. The third-order valence-electron chi connectivity index (χ3n) is 3.45. The molecule has 0 fully saturated rings. The van der Waals surface area contributed by atoms with E-state index >= 15 is 0 Å². The molecule has 0 radical (unpaired) electrons. The van der Waals surface area contributed by atoms with Gasteiger partial charge in [0.2, 0.25) is 0 Å². The van der Waals surface area contributed by atoms with Gasteiger partial charge in [-0.25, -0.2) is 9.97 Å². The second kappa shape index (κ2) is 6.08. The van der Waals surface area contributed by atoms with Crippen LogP contribution in [0.1, 0.15) is 51.3 Å². The van der Waals surface area contributed by atoms with E-state index in [2.05, 4.69) is 36.1 Å². The normalized spacial score (nSPS) is 16.8. The highest BCUT2D eigenvalue weighted by atomic mass is 35.5. The smallest absolute Gasteiger partial charge is 0.132 e. The number of nitrogens with one attached hydrogen (secondary N) is 1. The zero-order chi connectivity index (χ0) is 13.9. The first-order valence-corrected chi connectivity index (χ1v) is 7.60. The van der Waals surface area contributed by atoms with Gasteiger partial charge in [-0.05, 0) is 37.5 Å². The molecule has 0 spiro atoms. The van der Waals surface area contributed by atoms with Crippen molar-refractivity contribution in [2.24, 2.45) is 5.41 Å². The molecule has 1 aliphatic rings. The Morgan fingerprint density at radius 2 is 2.00 bits per heavy atom. The van der Waals surface area contributed by atoms with Gasteiger partial charge in [0.05, 0.1) is 5.38 Å². The minimum atomic E-state index is 0.134. The lowest BCUT2D eigenvalue weighted by Gasteiger charge is -2.23. The molecule has 3 nitrogen and oxygen atoms in total. The van der Waals surface area contributed by atoms with Gasteiger partial charge in [0.25, 0.3) is 0 Å². The highest BCUT2D eigenvalue weighted by molar-refractivity contribution is 6.20. The maximum Gasteiger partial charge on any atom is 0.132 e. The molecule has 106 valence electrons. The Bertz CT molecular complexity index is 426. The minimum absolute atomic E-state index is 0.134. The number of hydrogen-bond acceptors (Lipinski definition) is 3. The number of hydrogen-bond donors (Lipinski definition) is 1. The topological polar surface area (TPSA) is 37.8 Å². The molecular formula is C15H24ClN3. The van der Waals surface area contributed by atoms with Gasteiger partial charge in [0.15, 0.2) is 0 Å². The maximum absolute atomic E-state index is 6.39. The Hall–Kier alpha value is -0.830. The van der Waals surface area contributed by atoms with Gasteiger partial charge in [-0.2, -0.15) is 0 Å². The van der Waals surface area contributed by atoms with Crippen molar-refractivity contribution in [3.8, 4) is 0 Å². The van der Waals surface area contributed by atoms with Crippen molar-refractivity contribution in [1.29, 1.82) is 0 Å². The third kappa shape index (κ3) is 4.34. The lowest BCUT2D eigenvalue weighted by molar-refractivity contribution is 0.373. The molecule has 1 aromatic heterocycles. The molecular weight excluding hydrogens is 258 g/mol. The molecule has 1 unspecified atom stereocenters. The van der Waals surface area contributed by atoms with Gasteiger partial charge in [0, 0.05) is 17.8 Å². The number of anilines is 1. The molecule has 0 aromatic carbocycles. The van der Waals surface area contributed by atoms with Gasteiger partial charge < -0.3 is 5.32 Å². The SMILES string of the molecule is CC(C)(C)CC(Cl)CNc1ncnc2c1CCCC2. The summed E-state index contributed by atoms with van der Waals surface area (Å²) in [5, 5.41) is 3.55. The van der Waals surface area contributed by atoms with E-state index in [9.17, 15) is 0 Å². The van der Waals surface area contributed by atoms with Crippen molar-refractivity contribution in [2.75, 3.05) is 11.9 Å². The van der Waals surface area contributed by atoms with Crippen LogP contribution in [0.15, 0.2) is 6.33 Å². The first-order chi connectivity index (χ1) is 8.96. The Morgan fingerprint density at radius 3 is 2.74 bits per heavy atom. The second-order valence-corrected chi connectivity index (χ2v) is 7.21. The Balaban J connectivity index is 1.96. The summed E-state index contributed by atoms with van der Waals surface area (Å²) < 4.78 is 0. The van der Waals surface area contributed by atoms with E-state index < -0.39 is 0 Å². The second-order valence-electron chi connectivity index (χ2n) is 6.60. The number of halogens is 1. The van der Waals surface area contributed by atoms with Crippen LogP contribution in [0.5, 0.6) is 0 Å². The van der Waals surface area contributed by atoms with Crippen molar-refractivity contribution in [2.45, 2.75) is 58.3 Å². The average molecular weight is 282 g/mol. The van der Waals surface area contributed by atoms with E-state index in [1.54, 1.807) is 6.33 Å². The first-order valence-electron chi connectivity index (χ1n) is 7.16. The van der Waals surface area contributed by atoms with Crippen molar-refractivity contribution in [3.63, 3.8) is 0 Å². The Labute approximate surface area is 121 Å². The molecule has 0 bridgehead atoms. The fourth-order valence-electron chi connectivity index (χ4n) is 2.62. The Kier molecular flexibility index (Phi) is 4.67. The summed E-state index contributed by atoms with van der Waals surface area (Å²) in [7, 11) is 0. The number of fused-ring (bicyclic) bond motifs is 1. The van der Waals surface area contributed by atoms with Crippen molar-refractivity contribution in [3.05, 3.63) is 17.6 Å². The van der Waals surface area contributed by atoms with Gasteiger partial charge in [-0.15, -0.1) is 11.6 Å². The predicted molar refractivity (Wildman–Crippen MR) is 80.9 cm³/mol. The van der Waals surface area contributed by atoms with Crippen LogP contribution in [-0.4, -0.2) is 21.9 Å². The van der Waals surface area contributed by atoms with Gasteiger partial charge in [0.1, 0.15) is 12.1 Å². The summed E-state index contributed by atoms with van der Waals surface area (Å²) in [5.74, 6) is 0.990. The Morgan fingerprint density at radius 1 is 1.26 bits per heavy atom. The molecule has 0 amide bonds. The number of rotatable bonds is 4. The van der Waals surface area contributed by atoms with E-state index in [1.807, 2.05) is 0 Å². The lowest BCUT2D eigenvalue weighted by Crippen LogP contribution is -2.22. The molecule has 1 aliphatic carbocycles. The van der Waals surface area contributed by atoms with Crippen molar-refractivity contribution in [1.82, 2.24) is 9.97 Å². The van der Waals surface area contributed by atoms with Gasteiger partial charge in [-0.1, -0.05) is 20.8 Å². The fraction of sp³-hybridized carbons (Fsp3) is 0.733. The summed E-state index contributed by atoms with van der Waals surface area (Å²) in [6.07, 6.45) is 7.31. The summed E-state index contributed by atoms with van der Waals surface area (Å²) >= 11 is 6.39. The monoisotopic (exact) mass is 281 g/mol. The zero-order valence-corrected chi connectivity index (χ0v) is 12.9. The first kappa shape index (κ1) is 14.6. The van der Waals surface area contributed by atoms with Gasteiger partial charge in [-0.3, -0.25) is 0 Å². The molecule has 19 heavy (non-hydrogen) atoms.